The van der Waals surface area contributed by atoms with E-state index in [0.29, 0.717) is 17.4 Å². The monoisotopic (exact) mass is 1040 g/mol. The van der Waals surface area contributed by atoms with Gasteiger partial charge in [0.2, 0.25) is 0 Å². The maximum Gasteiger partial charge on any atom is 0.361 e. The van der Waals surface area contributed by atoms with Gasteiger partial charge in [-0.3, -0.25) is 9.59 Å². The Morgan fingerprint density at radius 1 is 0.419 bits per heavy atom. The van der Waals surface area contributed by atoms with Crippen molar-refractivity contribution in [3.8, 4) is 0 Å². The number of likely N-dealkylation sites (N-methyl/N-ethyl adjacent to an activating group) is 1. The first-order valence-corrected chi connectivity index (χ1v) is 31.3. The molecule has 0 fully saturated rings. The molecular formula is C65H120NO8+. The zero-order valence-corrected chi connectivity index (χ0v) is 49.3. The molecule has 0 spiro atoms. The van der Waals surface area contributed by atoms with Gasteiger partial charge < -0.3 is 28.5 Å². The second kappa shape index (κ2) is 56.5. The molecule has 0 aliphatic rings. The van der Waals surface area contributed by atoms with Crippen molar-refractivity contribution in [1.29, 1.82) is 0 Å². The van der Waals surface area contributed by atoms with Gasteiger partial charge in [0.05, 0.1) is 34.4 Å². The fraction of sp³-hybridized carbons (Fsp3) is 0.831. The number of hydrogen-bond donors (Lipinski definition) is 1. The number of carboxylic acids is 1. The van der Waals surface area contributed by atoms with E-state index in [4.69, 9.17) is 18.9 Å². The van der Waals surface area contributed by atoms with Gasteiger partial charge in [-0.25, -0.2) is 4.79 Å². The predicted octanol–water partition coefficient (Wildman–Crippen LogP) is 18.6. The minimum absolute atomic E-state index is 0.176. The van der Waals surface area contributed by atoms with E-state index in [1.165, 1.54) is 199 Å². The molecule has 0 heterocycles. The van der Waals surface area contributed by atoms with Crippen LogP contribution in [0.2, 0.25) is 0 Å². The van der Waals surface area contributed by atoms with Crippen LogP contribution in [0.4, 0.5) is 0 Å². The van der Waals surface area contributed by atoms with E-state index in [0.717, 1.165) is 64.2 Å². The lowest BCUT2D eigenvalue weighted by Gasteiger charge is -2.25. The molecule has 9 heteroatoms. The van der Waals surface area contributed by atoms with Crippen LogP contribution in [0.15, 0.2) is 48.6 Å². The van der Waals surface area contributed by atoms with Gasteiger partial charge in [-0.1, -0.05) is 274 Å². The molecule has 0 bridgehead atoms. The van der Waals surface area contributed by atoms with E-state index >= 15 is 0 Å². The third-order valence-corrected chi connectivity index (χ3v) is 13.8. The Morgan fingerprint density at radius 2 is 0.770 bits per heavy atom. The third-order valence-electron chi connectivity index (χ3n) is 13.8. The molecule has 0 radical (unpaired) electrons. The zero-order valence-electron chi connectivity index (χ0n) is 49.3. The van der Waals surface area contributed by atoms with Gasteiger partial charge in [0, 0.05) is 12.8 Å². The van der Waals surface area contributed by atoms with Gasteiger partial charge in [0.1, 0.15) is 13.2 Å². The van der Waals surface area contributed by atoms with Crippen molar-refractivity contribution in [2.75, 3.05) is 47.5 Å². The molecule has 2 unspecified atom stereocenters. The number of hydrogen-bond acceptors (Lipinski definition) is 7. The van der Waals surface area contributed by atoms with Crippen molar-refractivity contribution in [3.05, 3.63) is 48.6 Å². The van der Waals surface area contributed by atoms with Gasteiger partial charge in [0.15, 0.2) is 6.10 Å². The fourth-order valence-electron chi connectivity index (χ4n) is 9.07. The lowest BCUT2D eigenvalue weighted by Crippen LogP contribution is -2.40. The molecule has 0 amide bonds. The summed E-state index contributed by atoms with van der Waals surface area (Å²) in [7, 11) is 5.98. The second-order valence-corrected chi connectivity index (χ2v) is 22.3. The number of allylic oxidation sites excluding steroid dienone is 8. The van der Waals surface area contributed by atoms with Crippen molar-refractivity contribution in [3.63, 3.8) is 0 Å². The number of carbonyl (C=O) groups excluding carboxylic acids is 2. The molecule has 2 atom stereocenters. The Morgan fingerprint density at radius 3 is 1.15 bits per heavy atom. The normalized spacial score (nSPS) is 13.0. The van der Waals surface area contributed by atoms with Gasteiger partial charge in [-0.15, -0.1) is 0 Å². The molecular weight excluding hydrogens is 923 g/mol. The second-order valence-electron chi connectivity index (χ2n) is 22.3. The van der Waals surface area contributed by atoms with Crippen molar-refractivity contribution < 1.29 is 42.9 Å². The summed E-state index contributed by atoms with van der Waals surface area (Å²) < 4.78 is 22.9. The van der Waals surface area contributed by atoms with Gasteiger partial charge in [-0.05, 0) is 51.4 Å². The van der Waals surface area contributed by atoms with Crippen LogP contribution < -0.4 is 0 Å². The van der Waals surface area contributed by atoms with Crippen LogP contribution in [-0.4, -0.2) is 87.4 Å². The summed E-state index contributed by atoms with van der Waals surface area (Å²) in [4.78, 5) is 37.3. The summed E-state index contributed by atoms with van der Waals surface area (Å²) in [6.07, 6.45) is 68.0. The lowest BCUT2D eigenvalue weighted by molar-refractivity contribution is -0.870. The van der Waals surface area contributed by atoms with Crippen molar-refractivity contribution in [1.82, 2.24) is 0 Å². The predicted molar refractivity (Wildman–Crippen MR) is 314 cm³/mol. The first-order chi connectivity index (χ1) is 36.1. The molecule has 9 nitrogen and oxygen atoms in total. The van der Waals surface area contributed by atoms with E-state index in [9.17, 15) is 19.5 Å². The van der Waals surface area contributed by atoms with Crippen LogP contribution in [0.3, 0.4) is 0 Å². The molecule has 432 valence electrons. The molecule has 0 aromatic carbocycles. The molecule has 0 aliphatic carbocycles. The van der Waals surface area contributed by atoms with E-state index in [-0.39, 0.29) is 38.2 Å². The number of ether oxygens (including phenoxy) is 4. The smallest absolute Gasteiger partial charge is 0.361 e. The highest BCUT2D eigenvalue weighted by molar-refractivity contribution is 5.71. The van der Waals surface area contributed by atoms with Crippen LogP contribution in [0.1, 0.15) is 290 Å². The Labute approximate surface area is 457 Å². The number of esters is 2. The summed E-state index contributed by atoms with van der Waals surface area (Å²) >= 11 is 0. The standard InChI is InChI=1S/C65H119NO8/c1-6-8-10-12-14-16-18-20-21-22-23-24-25-26-27-28-29-30-31-32-33-34-35-36-37-38-39-40-41-42-43-44-46-48-50-52-54-56-63(68)74-61(60-73-65(64(69)70)71-58-57-66(3,4)5)59-72-62(67)55-53-51-49-47-45-19-17-15-13-11-9-7-2/h8,10,14,16,20-21,23-24,61,65H,6-7,9,11-13,15,17-19,22,25-60H2,1-5H3/p+1/b10-8-,16-14-,21-20-,24-23-. The van der Waals surface area contributed by atoms with E-state index < -0.39 is 18.4 Å². The molecule has 0 saturated carbocycles. The average Bonchev–Trinajstić information content (AvgIpc) is 3.37. The SMILES string of the molecule is CC/C=C\C/C=C\C/C=C\C/C=C\CCCCCCCCCCCCCCCCCCCCCCCCCCC(=O)OC(COC(=O)CCCCCCCCCCCCCC)COC(OCC[N+](C)(C)C)C(=O)O. The van der Waals surface area contributed by atoms with Crippen LogP contribution in [-0.2, 0) is 33.3 Å². The van der Waals surface area contributed by atoms with Crippen LogP contribution in [0.5, 0.6) is 0 Å². The lowest BCUT2D eigenvalue weighted by atomic mass is 10.0. The molecule has 74 heavy (non-hydrogen) atoms. The number of carbonyl (C=O) groups is 3. The highest BCUT2D eigenvalue weighted by Crippen LogP contribution is 2.18. The highest BCUT2D eigenvalue weighted by atomic mass is 16.7. The Hall–Kier alpha value is -2.75. The van der Waals surface area contributed by atoms with Gasteiger partial charge in [0.25, 0.3) is 6.29 Å². The van der Waals surface area contributed by atoms with E-state index in [1.54, 1.807) is 0 Å². The topological polar surface area (TPSA) is 108 Å². The van der Waals surface area contributed by atoms with Crippen molar-refractivity contribution in [2.24, 2.45) is 0 Å². The first-order valence-electron chi connectivity index (χ1n) is 31.3. The number of nitrogens with zero attached hydrogens (tertiary/aromatic N) is 1. The first kappa shape index (κ1) is 71.2. The highest BCUT2D eigenvalue weighted by Gasteiger charge is 2.25. The fourth-order valence-corrected chi connectivity index (χ4v) is 9.07. The summed E-state index contributed by atoms with van der Waals surface area (Å²) in [6.45, 7) is 4.79. The largest absolute Gasteiger partial charge is 0.477 e. The number of unbranched alkanes of at least 4 members (excludes halogenated alkanes) is 35. The summed E-state index contributed by atoms with van der Waals surface area (Å²) in [6, 6.07) is 0. The number of aliphatic carboxylic acids is 1. The maximum atomic E-state index is 12.9. The molecule has 0 aliphatic heterocycles. The average molecular weight is 1040 g/mol. The quantitative estimate of drug-likeness (QED) is 0.0211. The Kier molecular flexibility index (Phi) is 54.4. The third kappa shape index (κ3) is 57.0. The minimum atomic E-state index is -1.51. The molecule has 0 aromatic rings. The molecule has 1 N–H and O–H groups in total. The number of carboxylic acid groups (broad SMARTS) is 1. The zero-order chi connectivity index (χ0) is 54.1. The maximum absolute atomic E-state index is 12.9. The van der Waals surface area contributed by atoms with Crippen LogP contribution in [0, 0.1) is 0 Å². The molecule has 0 saturated heterocycles. The molecule has 0 aromatic heterocycles. The number of quaternary nitrogens is 1. The van der Waals surface area contributed by atoms with Crippen LogP contribution >= 0.6 is 0 Å². The Bertz CT molecular complexity index is 1350. The molecule has 0 rings (SSSR count). The number of rotatable bonds is 58. The Balaban J connectivity index is 3.95. The van der Waals surface area contributed by atoms with E-state index in [2.05, 4.69) is 62.5 Å². The summed E-state index contributed by atoms with van der Waals surface area (Å²) in [5.74, 6) is -1.99. The van der Waals surface area contributed by atoms with Crippen molar-refractivity contribution in [2.45, 2.75) is 302 Å². The van der Waals surface area contributed by atoms with Crippen molar-refractivity contribution >= 4 is 17.9 Å². The summed E-state index contributed by atoms with van der Waals surface area (Å²) in [5.41, 5.74) is 0. The van der Waals surface area contributed by atoms with Gasteiger partial charge in [-0.2, -0.15) is 0 Å². The van der Waals surface area contributed by atoms with Gasteiger partial charge >= 0.3 is 17.9 Å². The summed E-state index contributed by atoms with van der Waals surface area (Å²) in [5, 5.41) is 9.69. The van der Waals surface area contributed by atoms with E-state index in [1.807, 2.05) is 21.1 Å². The minimum Gasteiger partial charge on any atom is -0.477 e. The van der Waals surface area contributed by atoms with Crippen LogP contribution in [0.25, 0.3) is 0 Å².